The van der Waals surface area contributed by atoms with E-state index in [9.17, 15) is 19.0 Å². The van der Waals surface area contributed by atoms with Gasteiger partial charge in [0.15, 0.2) is 6.10 Å². The molecule has 0 aliphatic carbocycles. The zero-order valence-electron chi connectivity index (χ0n) is 28.4. The topological polar surface area (TPSA) is 134 Å². The van der Waals surface area contributed by atoms with Gasteiger partial charge in [0.25, 0.3) is 0 Å². The summed E-state index contributed by atoms with van der Waals surface area (Å²) in [5.74, 6) is -0.823. The van der Waals surface area contributed by atoms with E-state index in [1.165, 1.54) is 109 Å². The Hall–Kier alpha value is -0.990. The Morgan fingerprint density at radius 2 is 0.977 bits per heavy atom. The third-order valence-corrected chi connectivity index (χ3v) is 8.73. The molecule has 0 fully saturated rings. The van der Waals surface area contributed by atoms with Gasteiger partial charge in [0, 0.05) is 19.4 Å². The molecule has 0 aliphatic heterocycles. The summed E-state index contributed by atoms with van der Waals surface area (Å²) < 4.78 is 32.5. The van der Waals surface area contributed by atoms with Crippen molar-refractivity contribution in [3.8, 4) is 0 Å². The van der Waals surface area contributed by atoms with Gasteiger partial charge in [-0.15, -0.1) is 0 Å². The Balaban J connectivity index is 4.19. The van der Waals surface area contributed by atoms with Crippen molar-refractivity contribution < 1.29 is 37.6 Å². The van der Waals surface area contributed by atoms with Crippen LogP contribution in [0.15, 0.2) is 0 Å². The minimum absolute atomic E-state index is 0.0575. The Kier molecular flexibility index (Phi) is 31.3. The largest absolute Gasteiger partial charge is 0.472 e. The fourth-order valence-corrected chi connectivity index (χ4v) is 5.81. The summed E-state index contributed by atoms with van der Waals surface area (Å²) in [7, 11) is -4.36. The molecule has 9 nitrogen and oxygen atoms in total. The predicted molar refractivity (Wildman–Crippen MR) is 178 cm³/mol. The molecule has 0 saturated heterocycles. The highest BCUT2D eigenvalue weighted by Crippen LogP contribution is 2.43. The van der Waals surface area contributed by atoms with Crippen LogP contribution in [0.5, 0.6) is 0 Å². The van der Waals surface area contributed by atoms with E-state index < -0.39 is 26.5 Å². The molecule has 3 N–H and O–H groups in total. The summed E-state index contributed by atoms with van der Waals surface area (Å²) >= 11 is 0. The van der Waals surface area contributed by atoms with Gasteiger partial charge in [0.1, 0.15) is 6.61 Å². The predicted octanol–water partition coefficient (Wildman–Crippen LogP) is 9.33. The van der Waals surface area contributed by atoms with Crippen molar-refractivity contribution in [2.75, 3.05) is 26.4 Å². The fraction of sp³-hybridized carbons (Fsp3) is 0.941. The standard InChI is InChI=1S/C34H68NO8P/c1-3-5-7-9-11-13-14-15-16-17-19-20-22-24-26-33(36)40-30-32(31-42-44(38,39)41-29-28-35)43-34(37)27-25-23-21-18-12-10-8-6-4-2/h32H,3-31,35H2,1-2H3,(H,38,39)/t32-/m1/s1. The fourth-order valence-electron chi connectivity index (χ4n) is 5.05. The van der Waals surface area contributed by atoms with Crippen molar-refractivity contribution in [3.05, 3.63) is 0 Å². The molecule has 0 aromatic carbocycles. The van der Waals surface area contributed by atoms with Crippen LogP contribution in [0, 0.1) is 0 Å². The lowest BCUT2D eigenvalue weighted by Crippen LogP contribution is -2.29. The third-order valence-electron chi connectivity index (χ3n) is 7.74. The van der Waals surface area contributed by atoms with Crippen molar-refractivity contribution in [1.82, 2.24) is 0 Å². The van der Waals surface area contributed by atoms with Crippen molar-refractivity contribution in [2.45, 2.75) is 180 Å². The first-order valence-electron chi connectivity index (χ1n) is 18.0. The molecule has 0 heterocycles. The first kappa shape index (κ1) is 43.0. The molecular formula is C34H68NO8P. The van der Waals surface area contributed by atoms with Crippen LogP contribution in [-0.4, -0.2) is 49.3 Å². The molecule has 0 aromatic heterocycles. The zero-order valence-corrected chi connectivity index (χ0v) is 29.3. The van der Waals surface area contributed by atoms with Crippen LogP contribution in [0.4, 0.5) is 0 Å². The average molecular weight is 650 g/mol. The maximum atomic E-state index is 12.4. The summed E-state index contributed by atoms with van der Waals surface area (Å²) in [6.07, 6.45) is 27.1. The summed E-state index contributed by atoms with van der Waals surface area (Å²) in [5, 5.41) is 0. The molecule has 0 saturated carbocycles. The van der Waals surface area contributed by atoms with Crippen LogP contribution in [0.1, 0.15) is 174 Å². The SMILES string of the molecule is CCCCCCCCCCCCCCCCC(=O)OC[C@H](COP(=O)(O)OCCN)OC(=O)CCCCCCCCCCC. The summed E-state index contributed by atoms with van der Waals surface area (Å²) in [4.78, 5) is 34.5. The van der Waals surface area contributed by atoms with E-state index in [-0.39, 0.29) is 38.6 Å². The molecule has 0 spiro atoms. The van der Waals surface area contributed by atoms with Crippen LogP contribution >= 0.6 is 7.82 Å². The Bertz CT molecular complexity index is 709. The quantitative estimate of drug-likeness (QED) is 0.0397. The highest BCUT2D eigenvalue weighted by Gasteiger charge is 2.25. The summed E-state index contributed by atoms with van der Waals surface area (Å²) in [5.41, 5.74) is 5.31. The zero-order chi connectivity index (χ0) is 32.6. The number of rotatable bonds is 34. The molecule has 0 aliphatic rings. The Morgan fingerprint density at radius 1 is 0.591 bits per heavy atom. The number of nitrogens with two attached hydrogens (primary N) is 1. The number of phosphoric ester groups is 1. The lowest BCUT2D eigenvalue weighted by Gasteiger charge is -2.19. The van der Waals surface area contributed by atoms with E-state index in [0.29, 0.717) is 6.42 Å². The molecule has 0 amide bonds. The van der Waals surface area contributed by atoms with Gasteiger partial charge < -0.3 is 20.1 Å². The van der Waals surface area contributed by atoms with Crippen LogP contribution in [0.2, 0.25) is 0 Å². The van der Waals surface area contributed by atoms with Gasteiger partial charge in [0.05, 0.1) is 13.2 Å². The second-order valence-electron chi connectivity index (χ2n) is 12.1. The van der Waals surface area contributed by atoms with E-state index in [4.69, 9.17) is 24.3 Å². The number of phosphoric acid groups is 1. The molecule has 0 rings (SSSR count). The minimum atomic E-state index is -4.36. The maximum absolute atomic E-state index is 12.4. The van der Waals surface area contributed by atoms with Gasteiger partial charge in [-0.1, -0.05) is 149 Å². The second-order valence-corrected chi connectivity index (χ2v) is 13.6. The lowest BCUT2D eigenvalue weighted by molar-refractivity contribution is -0.161. The van der Waals surface area contributed by atoms with Gasteiger partial charge in [-0.3, -0.25) is 18.6 Å². The highest BCUT2D eigenvalue weighted by molar-refractivity contribution is 7.47. The monoisotopic (exact) mass is 649 g/mol. The number of esters is 2. The lowest BCUT2D eigenvalue weighted by atomic mass is 10.0. The maximum Gasteiger partial charge on any atom is 0.472 e. The van der Waals surface area contributed by atoms with Crippen molar-refractivity contribution in [2.24, 2.45) is 5.73 Å². The van der Waals surface area contributed by atoms with E-state index in [1.807, 2.05) is 0 Å². The Morgan fingerprint density at radius 3 is 1.39 bits per heavy atom. The van der Waals surface area contributed by atoms with Gasteiger partial charge in [-0.2, -0.15) is 0 Å². The first-order chi connectivity index (χ1) is 21.3. The molecule has 2 atom stereocenters. The smallest absolute Gasteiger partial charge is 0.462 e. The van der Waals surface area contributed by atoms with E-state index >= 15 is 0 Å². The highest BCUT2D eigenvalue weighted by atomic mass is 31.2. The van der Waals surface area contributed by atoms with E-state index in [2.05, 4.69) is 13.8 Å². The number of hydrogen-bond acceptors (Lipinski definition) is 8. The van der Waals surface area contributed by atoms with Gasteiger partial charge in [-0.05, 0) is 12.8 Å². The average Bonchev–Trinajstić information content (AvgIpc) is 3.00. The number of carbonyl (C=O) groups excluding carboxylic acids is 2. The first-order valence-corrected chi connectivity index (χ1v) is 19.5. The number of carbonyl (C=O) groups is 2. The van der Waals surface area contributed by atoms with Crippen molar-refractivity contribution in [3.63, 3.8) is 0 Å². The molecular weight excluding hydrogens is 581 g/mol. The summed E-state index contributed by atoms with van der Waals surface area (Å²) in [6, 6.07) is 0. The molecule has 1 unspecified atom stereocenters. The van der Waals surface area contributed by atoms with Crippen LogP contribution < -0.4 is 5.73 Å². The molecule has 44 heavy (non-hydrogen) atoms. The number of ether oxygens (including phenoxy) is 2. The van der Waals surface area contributed by atoms with Gasteiger partial charge in [0.2, 0.25) is 0 Å². The molecule has 10 heteroatoms. The Labute approximate surface area is 269 Å². The number of unbranched alkanes of at least 4 members (excludes halogenated alkanes) is 21. The van der Waals surface area contributed by atoms with Crippen LogP contribution in [0.25, 0.3) is 0 Å². The number of hydrogen-bond donors (Lipinski definition) is 2. The van der Waals surface area contributed by atoms with E-state index in [0.717, 1.165) is 32.1 Å². The van der Waals surface area contributed by atoms with Crippen molar-refractivity contribution in [1.29, 1.82) is 0 Å². The third kappa shape index (κ3) is 31.0. The van der Waals surface area contributed by atoms with Crippen LogP contribution in [-0.2, 0) is 32.7 Å². The van der Waals surface area contributed by atoms with Crippen LogP contribution in [0.3, 0.4) is 0 Å². The normalized spacial score (nSPS) is 13.5. The van der Waals surface area contributed by atoms with Gasteiger partial charge in [-0.25, -0.2) is 4.57 Å². The second kappa shape index (κ2) is 32.0. The van der Waals surface area contributed by atoms with Gasteiger partial charge >= 0.3 is 19.8 Å². The van der Waals surface area contributed by atoms with E-state index in [1.54, 1.807) is 0 Å². The minimum Gasteiger partial charge on any atom is -0.462 e. The van der Waals surface area contributed by atoms with Crippen molar-refractivity contribution >= 4 is 19.8 Å². The summed E-state index contributed by atoms with van der Waals surface area (Å²) in [6.45, 7) is 3.71. The molecule has 0 aromatic rings. The molecule has 0 bridgehead atoms. The molecule has 262 valence electrons. The molecule has 0 radical (unpaired) electrons.